The number of carbonyl (C=O) groups is 3. The second-order valence-electron chi connectivity index (χ2n) is 8.65. The number of amides is 4. The predicted octanol–water partition coefficient (Wildman–Crippen LogP) is 1.26. The highest BCUT2D eigenvalue weighted by molar-refractivity contribution is 5.91. The van der Waals surface area contributed by atoms with Crippen molar-refractivity contribution in [3.8, 4) is 0 Å². The van der Waals surface area contributed by atoms with E-state index in [4.69, 9.17) is 4.74 Å². The standard InChI is InChI=1S/C22H32FN5O4/c1-15(2)11-18-21(30)26(9-10-32-4)13-19-27(18)20(29)14-25(3)28(19)22(31)24-12-16-5-7-17(23)8-6-16/h5-8,15,18-19H,9-14H2,1-4H3,(H,24,31)/t18-,19-/m0/s1. The fourth-order valence-corrected chi connectivity index (χ4v) is 4.24. The lowest BCUT2D eigenvalue weighted by Gasteiger charge is -2.54. The lowest BCUT2D eigenvalue weighted by atomic mass is 9.97. The molecule has 9 nitrogen and oxygen atoms in total. The monoisotopic (exact) mass is 449 g/mol. The number of nitrogens with one attached hydrogen (secondary N) is 1. The average molecular weight is 450 g/mol. The normalized spacial score (nSPS) is 21.9. The molecular weight excluding hydrogens is 417 g/mol. The Kier molecular flexibility index (Phi) is 7.68. The third-order valence-electron chi connectivity index (χ3n) is 5.76. The highest BCUT2D eigenvalue weighted by atomic mass is 19.1. The van der Waals surface area contributed by atoms with E-state index in [1.54, 1.807) is 41.1 Å². The quantitative estimate of drug-likeness (QED) is 0.677. The van der Waals surface area contributed by atoms with Crippen LogP contribution in [0.5, 0.6) is 0 Å². The van der Waals surface area contributed by atoms with Gasteiger partial charge in [0.05, 0.1) is 19.7 Å². The minimum atomic E-state index is -0.626. The number of rotatable bonds is 7. The van der Waals surface area contributed by atoms with Crippen LogP contribution in [0, 0.1) is 11.7 Å². The predicted molar refractivity (Wildman–Crippen MR) is 115 cm³/mol. The summed E-state index contributed by atoms with van der Waals surface area (Å²) in [6, 6.07) is 4.88. The van der Waals surface area contributed by atoms with Gasteiger partial charge in [-0.25, -0.2) is 19.2 Å². The van der Waals surface area contributed by atoms with Crippen LogP contribution < -0.4 is 5.32 Å². The van der Waals surface area contributed by atoms with Crippen molar-refractivity contribution in [1.82, 2.24) is 25.1 Å². The summed E-state index contributed by atoms with van der Waals surface area (Å²) in [6.07, 6.45) is -0.105. The van der Waals surface area contributed by atoms with Gasteiger partial charge in [-0.05, 0) is 30.0 Å². The second-order valence-corrected chi connectivity index (χ2v) is 8.65. The molecule has 0 saturated carbocycles. The molecule has 4 amide bonds. The van der Waals surface area contributed by atoms with Crippen LogP contribution in [-0.4, -0.2) is 90.3 Å². The fourth-order valence-electron chi connectivity index (χ4n) is 4.24. The zero-order valence-corrected chi connectivity index (χ0v) is 19.1. The summed E-state index contributed by atoms with van der Waals surface area (Å²) >= 11 is 0. The fraction of sp³-hybridized carbons (Fsp3) is 0.591. The van der Waals surface area contributed by atoms with E-state index < -0.39 is 12.2 Å². The summed E-state index contributed by atoms with van der Waals surface area (Å²) in [7, 11) is 3.25. The number of ether oxygens (including phenoxy) is 1. The van der Waals surface area contributed by atoms with Crippen molar-refractivity contribution < 1.29 is 23.5 Å². The Balaban J connectivity index is 1.83. The first kappa shape index (κ1) is 23.9. The number of methoxy groups -OCH3 is 1. The van der Waals surface area contributed by atoms with Gasteiger partial charge in [0.1, 0.15) is 18.0 Å². The van der Waals surface area contributed by atoms with Crippen LogP contribution in [-0.2, 0) is 20.9 Å². The lowest BCUT2D eigenvalue weighted by molar-refractivity contribution is -0.188. The van der Waals surface area contributed by atoms with Crippen LogP contribution in [0.1, 0.15) is 25.8 Å². The van der Waals surface area contributed by atoms with Gasteiger partial charge < -0.3 is 19.9 Å². The number of hydrogen-bond donors (Lipinski definition) is 1. The summed E-state index contributed by atoms with van der Waals surface area (Å²) in [5.74, 6) is -0.438. The zero-order valence-electron chi connectivity index (χ0n) is 19.1. The van der Waals surface area contributed by atoms with E-state index in [1.807, 2.05) is 13.8 Å². The smallest absolute Gasteiger partial charge is 0.334 e. The first-order valence-corrected chi connectivity index (χ1v) is 10.8. The number of urea groups is 1. The molecule has 2 aliphatic heterocycles. The Labute approximate surface area is 188 Å². The highest BCUT2D eigenvalue weighted by Gasteiger charge is 2.50. The molecule has 176 valence electrons. The maximum atomic E-state index is 13.2. The molecular formula is C22H32FN5O4. The van der Waals surface area contributed by atoms with Crippen LogP contribution >= 0.6 is 0 Å². The Morgan fingerprint density at radius 3 is 2.56 bits per heavy atom. The van der Waals surface area contributed by atoms with E-state index in [9.17, 15) is 18.8 Å². The number of fused-ring (bicyclic) bond motifs is 1. The molecule has 2 heterocycles. The molecule has 1 N–H and O–H groups in total. The molecule has 0 unspecified atom stereocenters. The molecule has 3 rings (SSSR count). The van der Waals surface area contributed by atoms with E-state index in [0.717, 1.165) is 5.56 Å². The molecule has 2 saturated heterocycles. The Bertz CT molecular complexity index is 834. The molecule has 1 aromatic carbocycles. The van der Waals surface area contributed by atoms with Gasteiger partial charge in [0, 0.05) is 27.2 Å². The van der Waals surface area contributed by atoms with Crippen molar-refractivity contribution in [1.29, 1.82) is 0 Å². The maximum Gasteiger partial charge on any atom is 0.334 e. The van der Waals surface area contributed by atoms with Crippen molar-refractivity contribution in [3.05, 3.63) is 35.6 Å². The van der Waals surface area contributed by atoms with Crippen LogP contribution in [0.2, 0.25) is 0 Å². The van der Waals surface area contributed by atoms with E-state index in [0.29, 0.717) is 19.6 Å². The average Bonchev–Trinajstić information content (AvgIpc) is 2.73. The number of hydrazine groups is 1. The number of likely N-dealkylation sites (N-methyl/N-ethyl adjacent to an activating group) is 1. The van der Waals surface area contributed by atoms with Crippen molar-refractivity contribution in [2.24, 2.45) is 5.92 Å². The van der Waals surface area contributed by atoms with Gasteiger partial charge >= 0.3 is 6.03 Å². The minimum Gasteiger partial charge on any atom is -0.383 e. The number of carbonyl (C=O) groups excluding carboxylic acids is 3. The third kappa shape index (κ3) is 5.18. The van der Waals surface area contributed by atoms with Crippen molar-refractivity contribution in [2.75, 3.05) is 40.4 Å². The van der Waals surface area contributed by atoms with E-state index in [-0.39, 0.29) is 49.2 Å². The molecule has 10 heteroatoms. The minimum absolute atomic E-state index is 0.000411. The number of nitrogens with zero attached hydrogens (tertiary/aromatic N) is 4. The molecule has 1 aromatic rings. The SMILES string of the molecule is COCCN1C[C@H]2N(C(=O)CN(C)N2C(=O)NCc2ccc(F)cc2)[C@@H](CC(C)C)C1=O. The third-order valence-corrected chi connectivity index (χ3v) is 5.76. The molecule has 0 radical (unpaired) electrons. The molecule has 0 bridgehead atoms. The van der Waals surface area contributed by atoms with Gasteiger partial charge in [-0.1, -0.05) is 26.0 Å². The van der Waals surface area contributed by atoms with Gasteiger partial charge in [-0.2, -0.15) is 0 Å². The lowest BCUT2D eigenvalue weighted by Crippen LogP contribution is -2.76. The van der Waals surface area contributed by atoms with E-state index in [1.165, 1.54) is 17.1 Å². The molecule has 32 heavy (non-hydrogen) atoms. The Morgan fingerprint density at radius 2 is 1.94 bits per heavy atom. The largest absolute Gasteiger partial charge is 0.383 e. The summed E-state index contributed by atoms with van der Waals surface area (Å²) in [5, 5.41) is 5.94. The summed E-state index contributed by atoms with van der Waals surface area (Å²) in [5.41, 5.74) is 0.755. The Hall–Kier alpha value is -2.72. The van der Waals surface area contributed by atoms with E-state index in [2.05, 4.69) is 5.32 Å². The van der Waals surface area contributed by atoms with Crippen LogP contribution in [0.3, 0.4) is 0 Å². The molecule has 2 aliphatic rings. The van der Waals surface area contributed by atoms with Gasteiger partial charge in [0.2, 0.25) is 11.8 Å². The van der Waals surface area contributed by atoms with Crippen LogP contribution in [0.4, 0.5) is 9.18 Å². The zero-order chi connectivity index (χ0) is 23.4. The first-order chi connectivity index (χ1) is 15.2. The van der Waals surface area contributed by atoms with E-state index >= 15 is 0 Å². The van der Waals surface area contributed by atoms with Crippen molar-refractivity contribution in [2.45, 2.75) is 39.0 Å². The topological polar surface area (TPSA) is 85.4 Å². The first-order valence-electron chi connectivity index (χ1n) is 10.8. The molecule has 2 atom stereocenters. The molecule has 2 fully saturated rings. The number of halogens is 1. The number of hydrogen-bond acceptors (Lipinski definition) is 5. The Morgan fingerprint density at radius 1 is 1.25 bits per heavy atom. The summed E-state index contributed by atoms with van der Waals surface area (Å²) in [4.78, 5) is 42.6. The van der Waals surface area contributed by atoms with Gasteiger partial charge in [-0.15, -0.1) is 0 Å². The van der Waals surface area contributed by atoms with Gasteiger partial charge in [-0.3, -0.25) is 9.59 Å². The summed E-state index contributed by atoms with van der Waals surface area (Å²) in [6.45, 7) is 5.18. The molecule has 0 aromatic heterocycles. The van der Waals surface area contributed by atoms with Crippen molar-refractivity contribution >= 4 is 17.8 Å². The van der Waals surface area contributed by atoms with Crippen molar-refractivity contribution in [3.63, 3.8) is 0 Å². The molecule has 0 aliphatic carbocycles. The van der Waals surface area contributed by atoms with Crippen LogP contribution in [0.25, 0.3) is 0 Å². The van der Waals surface area contributed by atoms with Crippen LogP contribution in [0.15, 0.2) is 24.3 Å². The molecule has 0 spiro atoms. The van der Waals surface area contributed by atoms with Gasteiger partial charge in [0.15, 0.2) is 0 Å². The second kappa shape index (κ2) is 10.3. The number of benzene rings is 1. The highest BCUT2D eigenvalue weighted by Crippen LogP contribution is 2.28. The number of piperazine rings is 1. The van der Waals surface area contributed by atoms with Gasteiger partial charge in [0.25, 0.3) is 0 Å². The summed E-state index contributed by atoms with van der Waals surface area (Å²) < 4.78 is 18.3. The maximum absolute atomic E-state index is 13.2.